The fourth-order valence-corrected chi connectivity index (χ4v) is 1.78. The SMILES string of the molecule is COC(=O)c1cc(C)nc2cc(Cl)ccc12. The van der Waals surface area contributed by atoms with Crippen LogP contribution in [0.4, 0.5) is 0 Å². The van der Waals surface area contributed by atoms with Crippen LogP contribution in [0.2, 0.25) is 5.02 Å². The topological polar surface area (TPSA) is 39.2 Å². The van der Waals surface area contributed by atoms with Gasteiger partial charge in [0.25, 0.3) is 0 Å². The van der Waals surface area contributed by atoms with E-state index in [9.17, 15) is 4.79 Å². The number of benzene rings is 1. The van der Waals surface area contributed by atoms with Crippen LogP contribution >= 0.6 is 11.6 Å². The Hall–Kier alpha value is -1.61. The number of methoxy groups -OCH3 is 1. The standard InChI is InChI=1S/C12H10ClNO2/c1-7-5-10(12(15)16-2)9-4-3-8(13)6-11(9)14-7/h3-6H,1-2H3. The molecule has 2 rings (SSSR count). The molecule has 0 unspecified atom stereocenters. The average molecular weight is 236 g/mol. The zero-order valence-electron chi connectivity index (χ0n) is 8.95. The number of pyridine rings is 1. The number of carbonyl (C=O) groups is 1. The third-order valence-corrected chi connectivity index (χ3v) is 2.54. The van der Waals surface area contributed by atoms with Gasteiger partial charge in [0.2, 0.25) is 0 Å². The zero-order valence-corrected chi connectivity index (χ0v) is 9.71. The third-order valence-electron chi connectivity index (χ3n) is 2.31. The van der Waals surface area contributed by atoms with Crippen LogP contribution in [0.15, 0.2) is 24.3 Å². The maximum atomic E-state index is 11.6. The summed E-state index contributed by atoms with van der Waals surface area (Å²) in [6, 6.07) is 6.95. The van der Waals surface area contributed by atoms with E-state index in [0.29, 0.717) is 16.1 Å². The minimum atomic E-state index is -0.363. The van der Waals surface area contributed by atoms with Crippen LogP contribution in [0.25, 0.3) is 10.9 Å². The van der Waals surface area contributed by atoms with Gasteiger partial charge in [-0.05, 0) is 25.1 Å². The average Bonchev–Trinajstić information content (AvgIpc) is 2.26. The molecule has 0 atom stereocenters. The fraction of sp³-hybridized carbons (Fsp3) is 0.167. The van der Waals surface area contributed by atoms with Crippen LogP contribution in [0.1, 0.15) is 16.1 Å². The monoisotopic (exact) mass is 235 g/mol. The lowest BCUT2D eigenvalue weighted by Gasteiger charge is -2.06. The highest BCUT2D eigenvalue weighted by Gasteiger charge is 2.12. The number of rotatable bonds is 1. The van der Waals surface area contributed by atoms with Crippen molar-refractivity contribution in [2.45, 2.75) is 6.92 Å². The maximum absolute atomic E-state index is 11.6. The molecule has 3 nitrogen and oxygen atoms in total. The van der Waals surface area contributed by atoms with E-state index in [1.807, 2.05) is 6.92 Å². The summed E-state index contributed by atoms with van der Waals surface area (Å²) in [5.41, 5.74) is 1.98. The molecular formula is C12H10ClNO2. The van der Waals surface area contributed by atoms with Crippen LogP contribution in [0, 0.1) is 6.92 Å². The second kappa shape index (κ2) is 4.10. The number of aryl methyl sites for hydroxylation is 1. The minimum Gasteiger partial charge on any atom is -0.465 e. The van der Waals surface area contributed by atoms with E-state index < -0.39 is 0 Å². The van der Waals surface area contributed by atoms with Gasteiger partial charge in [-0.25, -0.2) is 4.79 Å². The Kier molecular flexibility index (Phi) is 2.79. The molecule has 4 heteroatoms. The second-order valence-corrected chi connectivity index (χ2v) is 3.90. The normalized spacial score (nSPS) is 10.4. The molecule has 0 aliphatic heterocycles. The summed E-state index contributed by atoms with van der Waals surface area (Å²) in [4.78, 5) is 15.9. The Morgan fingerprint density at radius 2 is 2.12 bits per heavy atom. The quantitative estimate of drug-likeness (QED) is 0.714. The molecule has 0 aliphatic carbocycles. The van der Waals surface area contributed by atoms with E-state index in [1.54, 1.807) is 24.3 Å². The van der Waals surface area contributed by atoms with Gasteiger partial charge in [-0.3, -0.25) is 4.98 Å². The van der Waals surface area contributed by atoms with Crippen molar-refractivity contribution in [1.82, 2.24) is 4.98 Å². The fourth-order valence-electron chi connectivity index (χ4n) is 1.61. The molecule has 1 aromatic carbocycles. The lowest BCUT2D eigenvalue weighted by atomic mass is 10.1. The Morgan fingerprint density at radius 3 is 2.81 bits per heavy atom. The van der Waals surface area contributed by atoms with Crippen molar-refractivity contribution in [2.75, 3.05) is 7.11 Å². The minimum absolute atomic E-state index is 0.363. The summed E-state index contributed by atoms with van der Waals surface area (Å²) in [6.07, 6.45) is 0. The van der Waals surface area contributed by atoms with Crippen molar-refractivity contribution in [1.29, 1.82) is 0 Å². The van der Waals surface area contributed by atoms with E-state index in [4.69, 9.17) is 16.3 Å². The van der Waals surface area contributed by atoms with Gasteiger partial charge in [0, 0.05) is 16.1 Å². The van der Waals surface area contributed by atoms with Gasteiger partial charge in [0.15, 0.2) is 0 Å². The lowest BCUT2D eigenvalue weighted by Crippen LogP contribution is -2.03. The highest BCUT2D eigenvalue weighted by Crippen LogP contribution is 2.22. The summed E-state index contributed by atoms with van der Waals surface area (Å²) in [5, 5.41) is 1.35. The van der Waals surface area contributed by atoms with E-state index in [-0.39, 0.29) is 5.97 Å². The maximum Gasteiger partial charge on any atom is 0.338 e. The number of hydrogen-bond donors (Lipinski definition) is 0. The van der Waals surface area contributed by atoms with Gasteiger partial charge in [-0.1, -0.05) is 17.7 Å². The van der Waals surface area contributed by atoms with Crippen molar-refractivity contribution in [3.8, 4) is 0 Å². The van der Waals surface area contributed by atoms with Crippen molar-refractivity contribution in [3.05, 3.63) is 40.5 Å². The van der Waals surface area contributed by atoms with Gasteiger partial charge in [-0.2, -0.15) is 0 Å². The molecule has 0 amide bonds. The number of halogens is 1. The third kappa shape index (κ3) is 1.86. The Morgan fingerprint density at radius 1 is 1.38 bits per heavy atom. The molecule has 0 spiro atoms. The molecule has 0 saturated heterocycles. The van der Waals surface area contributed by atoms with Gasteiger partial charge in [0.1, 0.15) is 0 Å². The molecular weight excluding hydrogens is 226 g/mol. The molecule has 0 saturated carbocycles. The van der Waals surface area contributed by atoms with Crippen LogP contribution in [-0.2, 0) is 4.74 Å². The van der Waals surface area contributed by atoms with E-state index in [0.717, 1.165) is 11.1 Å². The Bertz CT molecular complexity index is 561. The molecule has 0 bridgehead atoms. The first-order chi connectivity index (χ1) is 7.61. The first kappa shape index (κ1) is 10.9. The molecule has 0 fully saturated rings. The summed E-state index contributed by atoms with van der Waals surface area (Å²) in [6.45, 7) is 1.83. The molecule has 0 radical (unpaired) electrons. The molecule has 1 heterocycles. The molecule has 0 aliphatic rings. The number of hydrogen-bond acceptors (Lipinski definition) is 3. The van der Waals surface area contributed by atoms with Gasteiger partial charge >= 0.3 is 5.97 Å². The van der Waals surface area contributed by atoms with Crippen molar-refractivity contribution in [3.63, 3.8) is 0 Å². The predicted octanol–water partition coefficient (Wildman–Crippen LogP) is 2.98. The number of fused-ring (bicyclic) bond motifs is 1. The smallest absolute Gasteiger partial charge is 0.338 e. The van der Waals surface area contributed by atoms with Crippen LogP contribution < -0.4 is 0 Å². The second-order valence-electron chi connectivity index (χ2n) is 3.46. The number of nitrogens with zero attached hydrogens (tertiary/aromatic N) is 1. The molecule has 2 aromatic rings. The molecule has 1 aromatic heterocycles. The van der Waals surface area contributed by atoms with E-state index in [2.05, 4.69) is 4.98 Å². The number of aromatic nitrogens is 1. The summed E-state index contributed by atoms with van der Waals surface area (Å²) < 4.78 is 4.73. The van der Waals surface area contributed by atoms with Crippen LogP contribution in [0.5, 0.6) is 0 Å². The zero-order chi connectivity index (χ0) is 11.7. The Labute approximate surface area is 98.0 Å². The highest BCUT2D eigenvalue weighted by molar-refractivity contribution is 6.31. The molecule has 16 heavy (non-hydrogen) atoms. The molecule has 82 valence electrons. The summed E-state index contributed by atoms with van der Waals surface area (Å²) >= 11 is 5.88. The van der Waals surface area contributed by atoms with Crippen LogP contribution in [0.3, 0.4) is 0 Å². The van der Waals surface area contributed by atoms with E-state index in [1.165, 1.54) is 7.11 Å². The predicted molar refractivity (Wildman–Crippen MR) is 62.8 cm³/mol. The number of carbonyl (C=O) groups excluding carboxylic acids is 1. The van der Waals surface area contributed by atoms with Gasteiger partial charge in [-0.15, -0.1) is 0 Å². The summed E-state index contributed by atoms with van der Waals surface area (Å²) in [5.74, 6) is -0.363. The largest absolute Gasteiger partial charge is 0.465 e. The molecule has 0 N–H and O–H groups in total. The van der Waals surface area contributed by atoms with Crippen molar-refractivity contribution >= 4 is 28.5 Å². The first-order valence-corrected chi connectivity index (χ1v) is 5.15. The highest BCUT2D eigenvalue weighted by atomic mass is 35.5. The van der Waals surface area contributed by atoms with E-state index >= 15 is 0 Å². The summed E-state index contributed by atoms with van der Waals surface area (Å²) in [7, 11) is 1.36. The van der Waals surface area contributed by atoms with Crippen molar-refractivity contribution < 1.29 is 9.53 Å². The lowest BCUT2D eigenvalue weighted by molar-refractivity contribution is 0.0603. The first-order valence-electron chi connectivity index (χ1n) is 4.77. The number of ether oxygens (including phenoxy) is 1. The van der Waals surface area contributed by atoms with Crippen molar-refractivity contribution in [2.24, 2.45) is 0 Å². The van der Waals surface area contributed by atoms with Gasteiger partial charge < -0.3 is 4.74 Å². The Balaban J connectivity index is 2.77. The number of esters is 1. The van der Waals surface area contributed by atoms with Gasteiger partial charge in [0.05, 0.1) is 18.2 Å². The van der Waals surface area contributed by atoms with Crippen LogP contribution in [-0.4, -0.2) is 18.1 Å².